The number of pyridine rings is 1. The number of carbonyl (C=O) groups is 2. The fourth-order valence-electron chi connectivity index (χ4n) is 3.91. The molecule has 4 rings (SSSR count). The Morgan fingerprint density at radius 1 is 1.33 bits per heavy atom. The van der Waals surface area contributed by atoms with E-state index in [2.05, 4.69) is 4.98 Å². The van der Waals surface area contributed by atoms with Crippen molar-refractivity contribution >= 4 is 29.3 Å². The summed E-state index contributed by atoms with van der Waals surface area (Å²) in [7, 11) is 0. The zero-order valence-corrected chi connectivity index (χ0v) is 15.7. The smallest absolute Gasteiger partial charge is 0.302 e. The van der Waals surface area contributed by atoms with Crippen LogP contribution in [-0.2, 0) is 35.5 Å². The lowest BCUT2D eigenvalue weighted by Gasteiger charge is -2.30. The Labute approximate surface area is 160 Å². The number of esters is 1. The van der Waals surface area contributed by atoms with Crippen molar-refractivity contribution in [3.8, 4) is 0 Å². The Hall–Kier alpha value is -2.41. The Bertz CT molecular complexity index is 941. The number of anilines is 1. The Balaban J connectivity index is 1.74. The summed E-state index contributed by atoms with van der Waals surface area (Å²) < 4.78 is 21.9. The third kappa shape index (κ3) is 3.00. The normalized spacial score (nSPS) is 16.1. The van der Waals surface area contributed by atoms with Crippen LogP contribution in [0, 0.1) is 5.82 Å². The fourth-order valence-corrected chi connectivity index (χ4v) is 4.10. The quantitative estimate of drug-likeness (QED) is 0.753. The molecular formula is C19H19ClFN3O3. The zero-order valence-electron chi connectivity index (χ0n) is 14.9. The van der Waals surface area contributed by atoms with Crippen molar-refractivity contribution in [2.45, 2.75) is 45.8 Å². The highest BCUT2D eigenvalue weighted by Crippen LogP contribution is 2.34. The van der Waals surface area contributed by atoms with Crippen molar-refractivity contribution in [3.63, 3.8) is 0 Å². The third-order valence-electron chi connectivity index (χ3n) is 5.15. The van der Waals surface area contributed by atoms with Gasteiger partial charge in [-0.1, -0.05) is 11.6 Å². The van der Waals surface area contributed by atoms with Crippen LogP contribution in [0.3, 0.4) is 0 Å². The lowest BCUT2D eigenvalue weighted by Crippen LogP contribution is -2.42. The SMILES string of the molecule is CC(=O)OCc1c(Cl)ccnc1N1CCn2c3c(c(F)c2C1=O)CCCC3. The van der Waals surface area contributed by atoms with Crippen LogP contribution in [0.25, 0.3) is 0 Å². The highest BCUT2D eigenvalue weighted by Gasteiger charge is 2.36. The first kappa shape index (κ1) is 18.0. The maximum absolute atomic E-state index is 15.0. The van der Waals surface area contributed by atoms with Crippen LogP contribution in [0.4, 0.5) is 10.2 Å². The number of rotatable bonds is 3. The minimum atomic E-state index is -0.460. The van der Waals surface area contributed by atoms with Crippen LogP contribution < -0.4 is 4.90 Å². The van der Waals surface area contributed by atoms with Gasteiger partial charge in [0.25, 0.3) is 5.91 Å². The van der Waals surface area contributed by atoms with Gasteiger partial charge in [0.05, 0.1) is 10.6 Å². The van der Waals surface area contributed by atoms with E-state index in [0.29, 0.717) is 41.5 Å². The molecule has 0 unspecified atom stereocenters. The van der Waals surface area contributed by atoms with E-state index in [1.165, 1.54) is 18.0 Å². The average molecular weight is 392 g/mol. The third-order valence-corrected chi connectivity index (χ3v) is 5.51. The number of aromatic nitrogens is 2. The highest BCUT2D eigenvalue weighted by molar-refractivity contribution is 6.31. The van der Waals surface area contributed by atoms with Gasteiger partial charge >= 0.3 is 5.97 Å². The lowest BCUT2D eigenvalue weighted by molar-refractivity contribution is -0.142. The fraction of sp³-hybridized carbons (Fsp3) is 0.421. The Morgan fingerprint density at radius 2 is 2.11 bits per heavy atom. The molecule has 0 fully saturated rings. The summed E-state index contributed by atoms with van der Waals surface area (Å²) in [6.07, 6.45) is 4.90. The van der Waals surface area contributed by atoms with Gasteiger partial charge in [-0.15, -0.1) is 0 Å². The highest BCUT2D eigenvalue weighted by atomic mass is 35.5. The number of amides is 1. The van der Waals surface area contributed by atoms with Crippen LogP contribution in [-0.4, -0.2) is 28.0 Å². The van der Waals surface area contributed by atoms with E-state index < -0.39 is 17.7 Å². The molecule has 27 heavy (non-hydrogen) atoms. The molecule has 2 aromatic heterocycles. The zero-order chi connectivity index (χ0) is 19.1. The molecule has 0 N–H and O–H groups in total. The van der Waals surface area contributed by atoms with Gasteiger partial charge in [-0.05, 0) is 31.7 Å². The van der Waals surface area contributed by atoms with Crippen LogP contribution >= 0.6 is 11.6 Å². The molecule has 0 saturated heterocycles. The second-order valence-electron chi connectivity index (χ2n) is 6.78. The van der Waals surface area contributed by atoms with Gasteiger partial charge in [0.2, 0.25) is 0 Å². The minimum absolute atomic E-state index is 0.0911. The first-order chi connectivity index (χ1) is 13.0. The van der Waals surface area contributed by atoms with E-state index in [1.807, 2.05) is 4.57 Å². The van der Waals surface area contributed by atoms with E-state index in [9.17, 15) is 14.0 Å². The topological polar surface area (TPSA) is 64.4 Å². The summed E-state index contributed by atoms with van der Waals surface area (Å²) in [6, 6.07) is 1.57. The van der Waals surface area contributed by atoms with E-state index in [1.54, 1.807) is 6.07 Å². The second kappa shape index (κ2) is 6.96. The van der Waals surface area contributed by atoms with Crippen LogP contribution in [0.2, 0.25) is 5.02 Å². The predicted octanol–water partition coefficient (Wildman–Crippen LogP) is 3.28. The monoisotopic (exact) mass is 391 g/mol. The van der Waals surface area contributed by atoms with Gasteiger partial charge < -0.3 is 9.30 Å². The maximum Gasteiger partial charge on any atom is 0.302 e. The second-order valence-corrected chi connectivity index (χ2v) is 7.19. The molecule has 0 atom stereocenters. The van der Waals surface area contributed by atoms with Crippen molar-refractivity contribution in [3.05, 3.63) is 45.6 Å². The lowest BCUT2D eigenvalue weighted by atomic mass is 9.97. The molecule has 0 saturated carbocycles. The number of halogens is 2. The summed E-state index contributed by atoms with van der Waals surface area (Å²) in [6.45, 7) is 2.05. The van der Waals surface area contributed by atoms with Crippen LogP contribution in [0.1, 0.15) is 47.1 Å². The molecule has 0 spiro atoms. The molecule has 3 heterocycles. The predicted molar refractivity (Wildman–Crippen MR) is 97.4 cm³/mol. The summed E-state index contributed by atoms with van der Waals surface area (Å²) in [5.74, 6) is -1.01. The van der Waals surface area contributed by atoms with E-state index in [0.717, 1.165) is 25.0 Å². The molecule has 2 aromatic rings. The molecule has 0 aromatic carbocycles. The number of fused-ring (bicyclic) bond motifs is 3. The van der Waals surface area contributed by atoms with Gasteiger partial charge in [0, 0.05) is 37.5 Å². The molecule has 1 amide bonds. The van der Waals surface area contributed by atoms with E-state index in [4.69, 9.17) is 16.3 Å². The molecule has 2 aliphatic rings. The standard InChI is InChI=1S/C19H19ClFN3O3/c1-11(25)27-10-13-14(20)6-7-22-18(13)24-9-8-23-15-5-3-2-4-12(15)16(21)17(23)19(24)26/h6-7H,2-5,8-10H2,1H3. The van der Waals surface area contributed by atoms with E-state index >= 15 is 0 Å². The summed E-state index contributed by atoms with van der Waals surface area (Å²) >= 11 is 6.25. The maximum atomic E-state index is 15.0. The first-order valence-corrected chi connectivity index (χ1v) is 9.35. The Kier molecular flexibility index (Phi) is 4.63. The number of nitrogens with zero attached hydrogens (tertiary/aromatic N) is 3. The van der Waals surface area contributed by atoms with Crippen molar-refractivity contribution in [1.82, 2.24) is 9.55 Å². The van der Waals surface area contributed by atoms with Crippen LogP contribution in [0.5, 0.6) is 0 Å². The molecule has 8 heteroatoms. The van der Waals surface area contributed by atoms with E-state index in [-0.39, 0.29) is 12.3 Å². The minimum Gasteiger partial charge on any atom is -0.461 e. The van der Waals surface area contributed by atoms with Crippen molar-refractivity contribution < 1.29 is 18.7 Å². The molecule has 0 radical (unpaired) electrons. The Morgan fingerprint density at radius 3 is 2.89 bits per heavy atom. The van der Waals surface area contributed by atoms with Gasteiger partial charge in [0.15, 0.2) is 5.82 Å². The van der Waals surface area contributed by atoms with Crippen molar-refractivity contribution in [2.24, 2.45) is 0 Å². The number of carbonyl (C=O) groups excluding carboxylic acids is 2. The molecule has 1 aliphatic carbocycles. The van der Waals surface area contributed by atoms with Crippen molar-refractivity contribution in [2.75, 3.05) is 11.4 Å². The first-order valence-electron chi connectivity index (χ1n) is 8.97. The number of hydrogen-bond donors (Lipinski definition) is 0. The van der Waals surface area contributed by atoms with Gasteiger partial charge in [0.1, 0.15) is 18.1 Å². The average Bonchev–Trinajstić information content (AvgIpc) is 2.94. The van der Waals surface area contributed by atoms with Gasteiger partial charge in [-0.3, -0.25) is 14.5 Å². The van der Waals surface area contributed by atoms with Crippen LogP contribution in [0.15, 0.2) is 12.3 Å². The summed E-state index contributed by atoms with van der Waals surface area (Å²) in [4.78, 5) is 30.0. The van der Waals surface area contributed by atoms with Gasteiger partial charge in [-0.2, -0.15) is 0 Å². The summed E-state index contributed by atoms with van der Waals surface area (Å²) in [5, 5.41) is 0.342. The number of ether oxygens (including phenoxy) is 1. The molecule has 1 aliphatic heterocycles. The molecular weight excluding hydrogens is 373 g/mol. The van der Waals surface area contributed by atoms with Gasteiger partial charge in [-0.25, -0.2) is 9.37 Å². The number of hydrogen-bond acceptors (Lipinski definition) is 4. The molecule has 142 valence electrons. The molecule has 0 bridgehead atoms. The largest absolute Gasteiger partial charge is 0.461 e. The summed E-state index contributed by atoms with van der Waals surface area (Å²) in [5.41, 5.74) is 2.15. The van der Waals surface area contributed by atoms with Crippen molar-refractivity contribution in [1.29, 1.82) is 0 Å². The molecule has 6 nitrogen and oxygen atoms in total.